The van der Waals surface area contributed by atoms with Gasteiger partial charge in [0.25, 0.3) is 11.8 Å². The van der Waals surface area contributed by atoms with Crippen molar-refractivity contribution in [2.45, 2.75) is 13.1 Å². The van der Waals surface area contributed by atoms with Gasteiger partial charge in [0.2, 0.25) is 0 Å². The van der Waals surface area contributed by atoms with Crippen LogP contribution in [0.15, 0.2) is 97.3 Å². The van der Waals surface area contributed by atoms with Gasteiger partial charge < -0.3 is 9.47 Å². The predicted molar refractivity (Wildman–Crippen MR) is 139 cm³/mol. The van der Waals surface area contributed by atoms with Crippen molar-refractivity contribution in [3.63, 3.8) is 0 Å². The third-order valence-electron chi connectivity index (χ3n) is 6.50. The van der Waals surface area contributed by atoms with Crippen LogP contribution in [0.2, 0.25) is 5.02 Å². The summed E-state index contributed by atoms with van der Waals surface area (Å²) in [6.45, 7) is 1.19. The second kappa shape index (κ2) is 9.19. The second-order valence-electron chi connectivity index (χ2n) is 8.80. The molecule has 5 aromatic rings. The molecule has 0 unspecified atom stereocenters. The molecule has 37 heavy (non-hydrogen) atoms. The molecule has 0 saturated carbocycles. The lowest BCUT2D eigenvalue weighted by molar-refractivity contribution is 0.0944. The number of para-hydroxylation sites is 1. The Kier molecular flexibility index (Phi) is 5.70. The van der Waals surface area contributed by atoms with Gasteiger partial charge in [0.05, 0.1) is 22.8 Å². The largest absolute Gasteiger partial charge is 0.345 e. The molecule has 6 nitrogen and oxygen atoms in total. The van der Waals surface area contributed by atoms with Crippen molar-refractivity contribution in [1.29, 1.82) is 0 Å². The summed E-state index contributed by atoms with van der Waals surface area (Å²) < 4.78 is 16.7. The monoisotopic (exact) mass is 510 g/mol. The number of rotatable bonds is 3. The van der Waals surface area contributed by atoms with E-state index in [0.717, 1.165) is 33.3 Å². The zero-order valence-corrected chi connectivity index (χ0v) is 20.3. The first-order valence-electron chi connectivity index (χ1n) is 11.7. The van der Waals surface area contributed by atoms with Crippen LogP contribution in [-0.4, -0.2) is 26.2 Å². The van der Waals surface area contributed by atoms with Crippen LogP contribution in [0.5, 0.6) is 0 Å². The number of aromatic nitrogens is 3. The molecule has 182 valence electrons. The molecule has 0 spiro atoms. The molecule has 3 aromatic carbocycles. The third kappa shape index (κ3) is 4.23. The number of halogens is 2. The molecule has 1 aliphatic rings. The van der Waals surface area contributed by atoms with E-state index in [-0.39, 0.29) is 16.5 Å². The van der Waals surface area contributed by atoms with Gasteiger partial charge in [-0.2, -0.15) is 5.10 Å². The fraction of sp³-hybridized carbons (Fsp3) is 0.0690. The van der Waals surface area contributed by atoms with Crippen LogP contribution in [0.1, 0.15) is 32.0 Å². The Balaban J connectivity index is 1.26. The first-order valence-corrected chi connectivity index (χ1v) is 12.1. The molecule has 2 aromatic heterocycles. The maximum atomic E-state index is 13.6. The highest BCUT2D eigenvalue weighted by molar-refractivity contribution is 6.33. The van der Waals surface area contributed by atoms with Crippen molar-refractivity contribution in [3.05, 3.63) is 131 Å². The number of amides is 1. The van der Waals surface area contributed by atoms with Crippen molar-refractivity contribution >= 4 is 29.1 Å². The van der Waals surface area contributed by atoms with Gasteiger partial charge in [-0.15, -0.1) is 0 Å². The lowest BCUT2D eigenvalue weighted by atomic mass is 10.1. The van der Waals surface area contributed by atoms with Gasteiger partial charge in [0, 0.05) is 41.4 Å². The van der Waals surface area contributed by atoms with E-state index >= 15 is 0 Å². The van der Waals surface area contributed by atoms with Gasteiger partial charge in [0.1, 0.15) is 5.82 Å². The average molecular weight is 511 g/mol. The highest BCUT2D eigenvalue weighted by Crippen LogP contribution is 2.29. The minimum Gasteiger partial charge on any atom is -0.345 e. The number of carbonyl (C=O) groups excluding carboxylic acids is 2. The SMILES string of the molecule is O=C(c1ccc(-c2ccn(C(=O)c3ccc(F)cc3Cl)n2)cc1)N1Cc2cccn2Cc2ccccc21. The van der Waals surface area contributed by atoms with Gasteiger partial charge >= 0.3 is 0 Å². The second-order valence-corrected chi connectivity index (χ2v) is 9.21. The summed E-state index contributed by atoms with van der Waals surface area (Å²) in [6.07, 6.45) is 3.56. The van der Waals surface area contributed by atoms with E-state index < -0.39 is 11.7 Å². The lowest BCUT2D eigenvalue weighted by Gasteiger charge is -2.23. The molecule has 0 saturated heterocycles. The standard InChI is InChI=1S/C29H20ClFN4O2/c30-25-16-22(31)11-12-24(25)29(37)35-15-13-26(32-35)19-7-9-20(10-8-19)28(36)34-18-23-5-3-14-33(23)17-21-4-1-2-6-27(21)34/h1-16H,17-18H2. The number of anilines is 1. The summed E-state index contributed by atoms with van der Waals surface area (Å²) in [6, 6.07) is 24.4. The molecule has 3 heterocycles. The van der Waals surface area contributed by atoms with Gasteiger partial charge in [-0.05, 0) is 60.2 Å². The van der Waals surface area contributed by atoms with Crippen molar-refractivity contribution < 1.29 is 14.0 Å². The number of benzene rings is 3. The molecule has 6 rings (SSSR count). The maximum Gasteiger partial charge on any atom is 0.279 e. The molecule has 0 aliphatic carbocycles. The van der Waals surface area contributed by atoms with Crippen LogP contribution in [0.4, 0.5) is 10.1 Å². The van der Waals surface area contributed by atoms with Crippen molar-refractivity contribution in [2.75, 3.05) is 4.90 Å². The average Bonchev–Trinajstić information content (AvgIpc) is 3.54. The summed E-state index contributed by atoms with van der Waals surface area (Å²) in [5.74, 6) is -1.08. The van der Waals surface area contributed by atoms with Crippen LogP contribution in [0, 0.1) is 5.82 Å². The first-order chi connectivity index (χ1) is 18.0. The van der Waals surface area contributed by atoms with Crippen LogP contribution < -0.4 is 4.90 Å². The minimum atomic E-state index is -0.519. The Morgan fingerprint density at radius 3 is 2.46 bits per heavy atom. The van der Waals surface area contributed by atoms with E-state index in [1.165, 1.54) is 18.3 Å². The zero-order valence-electron chi connectivity index (χ0n) is 19.5. The molecule has 0 radical (unpaired) electrons. The first kappa shape index (κ1) is 22.9. The van der Waals surface area contributed by atoms with Gasteiger partial charge in [0.15, 0.2) is 0 Å². The van der Waals surface area contributed by atoms with E-state index in [2.05, 4.69) is 9.67 Å². The Morgan fingerprint density at radius 1 is 0.838 bits per heavy atom. The quantitative estimate of drug-likeness (QED) is 0.297. The van der Waals surface area contributed by atoms with Crippen molar-refractivity contribution in [1.82, 2.24) is 14.3 Å². The maximum absolute atomic E-state index is 13.6. The molecule has 0 bridgehead atoms. The Morgan fingerprint density at radius 2 is 1.65 bits per heavy atom. The zero-order chi connectivity index (χ0) is 25.5. The van der Waals surface area contributed by atoms with E-state index in [1.807, 2.05) is 59.6 Å². The predicted octanol–water partition coefficient (Wildman–Crippen LogP) is 6.04. The summed E-state index contributed by atoms with van der Waals surface area (Å²) in [5.41, 5.74) is 5.06. The smallest absolute Gasteiger partial charge is 0.279 e. The molecule has 0 fully saturated rings. The fourth-order valence-corrected chi connectivity index (χ4v) is 4.83. The van der Waals surface area contributed by atoms with Gasteiger partial charge in [-0.1, -0.05) is 41.9 Å². The number of hydrogen-bond donors (Lipinski definition) is 0. The summed E-state index contributed by atoms with van der Waals surface area (Å²) in [5, 5.41) is 4.38. The van der Waals surface area contributed by atoms with Crippen LogP contribution in [0.3, 0.4) is 0 Å². The number of fused-ring (bicyclic) bond motifs is 2. The molecule has 8 heteroatoms. The third-order valence-corrected chi connectivity index (χ3v) is 6.81. The van der Waals surface area contributed by atoms with Gasteiger partial charge in [-0.3, -0.25) is 9.59 Å². The molecule has 0 atom stereocenters. The number of hydrogen-bond acceptors (Lipinski definition) is 3. The highest BCUT2D eigenvalue weighted by atomic mass is 35.5. The van der Waals surface area contributed by atoms with E-state index in [4.69, 9.17) is 11.6 Å². The van der Waals surface area contributed by atoms with E-state index in [9.17, 15) is 14.0 Å². The normalized spacial score (nSPS) is 12.5. The summed E-state index contributed by atoms with van der Waals surface area (Å²) in [4.78, 5) is 28.2. The molecule has 1 amide bonds. The Bertz CT molecular complexity index is 1650. The topological polar surface area (TPSA) is 60.1 Å². The van der Waals surface area contributed by atoms with Crippen LogP contribution >= 0.6 is 11.6 Å². The van der Waals surface area contributed by atoms with Crippen molar-refractivity contribution in [3.8, 4) is 11.3 Å². The van der Waals surface area contributed by atoms with E-state index in [0.29, 0.717) is 24.3 Å². The molecular formula is C29H20ClFN4O2. The van der Waals surface area contributed by atoms with Gasteiger partial charge in [-0.25, -0.2) is 9.07 Å². The van der Waals surface area contributed by atoms with Crippen LogP contribution in [-0.2, 0) is 13.1 Å². The fourth-order valence-electron chi connectivity index (χ4n) is 4.58. The number of nitrogens with zero attached hydrogens (tertiary/aromatic N) is 4. The van der Waals surface area contributed by atoms with E-state index in [1.54, 1.807) is 18.2 Å². The number of carbonyl (C=O) groups is 2. The molecular weight excluding hydrogens is 491 g/mol. The summed E-state index contributed by atoms with van der Waals surface area (Å²) in [7, 11) is 0. The lowest BCUT2D eigenvalue weighted by Crippen LogP contribution is -2.30. The minimum absolute atomic E-state index is 0.0206. The molecule has 1 aliphatic heterocycles. The Hall–Kier alpha value is -4.49. The highest BCUT2D eigenvalue weighted by Gasteiger charge is 2.25. The summed E-state index contributed by atoms with van der Waals surface area (Å²) >= 11 is 6.03. The molecule has 0 N–H and O–H groups in total. The Labute approximate surface area is 217 Å². The van der Waals surface area contributed by atoms with Crippen LogP contribution in [0.25, 0.3) is 11.3 Å². The van der Waals surface area contributed by atoms with Crippen molar-refractivity contribution in [2.24, 2.45) is 0 Å².